The lowest BCUT2D eigenvalue weighted by Gasteiger charge is -2.05. The normalized spacial score (nSPS) is 8.27. The third-order valence-electron chi connectivity index (χ3n) is 3.00. The summed E-state index contributed by atoms with van der Waals surface area (Å²) in [4.78, 5) is 16.5. The van der Waals surface area contributed by atoms with Crippen LogP contribution in [0.15, 0.2) is 48.5 Å². The lowest BCUT2D eigenvalue weighted by molar-refractivity contribution is 0.568. The maximum atomic E-state index is 8.24. The Balaban J connectivity index is 0.000000639. The summed E-state index contributed by atoms with van der Waals surface area (Å²) in [6.07, 6.45) is 3.20. The Hall–Kier alpha value is -2.80. The highest BCUT2D eigenvalue weighted by molar-refractivity contribution is 5.64. The van der Waals surface area contributed by atoms with Crippen LogP contribution < -0.4 is 0 Å². The van der Waals surface area contributed by atoms with Gasteiger partial charge >= 0.3 is 0 Å². The molecule has 0 saturated carbocycles. The third-order valence-corrected chi connectivity index (χ3v) is 3.00. The van der Waals surface area contributed by atoms with Gasteiger partial charge < -0.3 is 10.8 Å². The summed E-state index contributed by atoms with van der Waals surface area (Å²) in [5, 5.41) is 13.5. The van der Waals surface area contributed by atoms with E-state index in [0.717, 1.165) is 12.8 Å². The van der Waals surface area contributed by atoms with E-state index < -0.39 is 0 Å². The quantitative estimate of drug-likeness (QED) is 0.626. The Bertz CT molecular complexity index is 582. The van der Waals surface area contributed by atoms with Crippen molar-refractivity contribution >= 4 is 12.2 Å². The molecule has 0 aliphatic heterocycles. The fourth-order valence-corrected chi connectivity index (χ4v) is 1.94. The second-order valence-corrected chi connectivity index (χ2v) is 4.29. The van der Waals surface area contributed by atoms with E-state index in [9.17, 15) is 0 Å². The molecule has 4 heteroatoms. The van der Waals surface area contributed by atoms with Gasteiger partial charge in [-0.15, -0.1) is 0 Å². The first-order valence-electron chi connectivity index (χ1n) is 6.87. The van der Waals surface area contributed by atoms with Crippen molar-refractivity contribution in [3.05, 3.63) is 70.5 Å². The third kappa shape index (κ3) is 7.11. The second kappa shape index (κ2) is 12.0. The first-order chi connectivity index (χ1) is 10.7. The Morgan fingerprint density at radius 1 is 0.773 bits per heavy atom. The van der Waals surface area contributed by atoms with Gasteiger partial charge in [0.25, 0.3) is 0 Å². The molecule has 0 fully saturated rings. The zero-order valence-electron chi connectivity index (χ0n) is 12.7. The van der Waals surface area contributed by atoms with Crippen LogP contribution in [0, 0.1) is 0 Å². The van der Waals surface area contributed by atoms with Crippen molar-refractivity contribution in [2.24, 2.45) is 0 Å². The van der Waals surface area contributed by atoms with E-state index in [-0.39, 0.29) is 0 Å². The SMILES string of the molecule is CCc1cccc(-c2cccc(CC)c2)c1.[N-]=C=O.[N-]=C=O. The van der Waals surface area contributed by atoms with Gasteiger partial charge in [0.2, 0.25) is 0 Å². The van der Waals surface area contributed by atoms with Crippen LogP contribution in [0.5, 0.6) is 0 Å². The van der Waals surface area contributed by atoms with Gasteiger partial charge in [-0.2, -0.15) is 0 Å². The summed E-state index contributed by atoms with van der Waals surface area (Å²) in [5.74, 6) is 0. The van der Waals surface area contributed by atoms with E-state index in [0.29, 0.717) is 12.2 Å². The zero-order chi connectivity index (χ0) is 16.8. The molecule has 0 saturated heterocycles. The summed E-state index contributed by atoms with van der Waals surface area (Å²) in [7, 11) is 0. The molecule has 0 atom stereocenters. The minimum Gasteiger partial charge on any atom is -0.724 e. The molecular weight excluding hydrogens is 276 g/mol. The minimum absolute atomic E-state index is 0.500. The number of rotatable bonds is 3. The molecule has 0 aliphatic rings. The van der Waals surface area contributed by atoms with Crippen LogP contribution in [0.2, 0.25) is 0 Å². The smallest absolute Gasteiger partial charge is 0.0159 e. The molecule has 0 bridgehead atoms. The summed E-state index contributed by atoms with van der Waals surface area (Å²) in [6, 6.07) is 17.6. The average Bonchev–Trinajstić information content (AvgIpc) is 2.56. The van der Waals surface area contributed by atoms with E-state index in [1.807, 2.05) is 0 Å². The van der Waals surface area contributed by atoms with Gasteiger partial charge in [-0.1, -0.05) is 62.4 Å². The van der Waals surface area contributed by atoms with Crippen LogP contribution in [-0.2, 0) is 22.4 Å². The zero-order valence-corrected chi connectivity index (χ0v) is 12.7. The Kier molecular flexibility index (Phi) is 10.5. The van der Waals surface area contributed by atoms with Gasteiger partial charge in [0.15, 0.2) is 0 Å². The van der Waals surface area contributed by atoms with Crippen molar-refractivity contribution in [2.45, 2.75) is 26.7 Å². The highest BCUT2D eigenvalue weighted by atomic mass is 16.1. The van der Waals surface area contributed by atoms with Crippen molar-refractivity contribution in [3.8, 4) is 11.1 Å². The van der Waals surface area contributed by atoms with E-state index in [4.69, 9.17) is 20.4 Å². The van der Waals surface area contributed by atoms with E-state index >= 15 is 0 Å². The number of hydrogen-bond acceptors (Lipinski definition) is 2. The highest BCUT2D eigenvalue weighted by Crippen LogP contribution is 2.22. The molecule has 0 spiro atoms. The van der Waals surface area contributed by atoms with Crippen molar-refractivity contribution in [1.82, 2.24) is 0 Å². The Morgan fingerprint density at radius 2 is 1.09 bits per heavy atom. The largest absolute Gasteiger partial charge is 0.724 e. The maximum absolute atomic E-state index is 8.24. The van der Waals surface area contributed by atoms with Crippen LogP contribution in [0.25, 0.3) is 21.9 Å². The van der Waals surface area contributed by atoms with Crippen LogP contribution in [0.3, 0.4) is 0 Å². The molecule has 2 aromatic rings. The standard InChI is InChI=1S/C16H18.2CNO/c1-3-13-7-5-9-15(11-13)16-10-6-8-14(4-2)12-16;2*2-1-3/h5-12H,3-4H2,1-2H3;;/q;2*-1. The molecule has 2 rings (SSSR count). The molecule has 0 unspecified atom stereocenters. The number of aryl methyl sites for hydroxylation is 2. The summed E-state index contributed by atoms with van der Waals surface area (Å²) >= 11 is 0. The summed E-state index contributed by atoms with van der Waals surface area (Å²) in [5.41, 5.74) is 5.46. The number of nitrogens with zero attached hydrogens (tertiary/aromatic N) is 2. The predicted octanol–water partition coefficient (Wildman–Crippen LogP) is 4.26. The first kappa shape index (κ1) is 19.2. The lowest BCUT2D eigenvalue weighted by atomic mass is 10.00. The molecule has 2 aromatic carbocycles. The molecule has 0 radical (unpaired) electrons. The van der Waals surface area contributed by atoms with Gasteiger partial charge in [-0.05, 0) is 47.3 Å². The molecular formula is C18H18N2O2-2. The lowest BCUT2D eigenvalue weighted by Crippen LogP contribution is -1.85. The molecule has 0 heterocycles. The fraction of sp³-hybridized carbons (Fsp3) is 0.222. The monoisotopic (exact) mass is 294 g/mol. The number of carbonyl (C=O) groups excluding carboxylic acids is 2. The molecule has 4 nitrogen and oxygen atoms in total. The van der Waals surface area contributed by atoms with E-state index in [1.54, 1.807) is 0 Å². The second-order valence-electron chi connectivity index (χ2n) is 4.29. The number of isocyanates is 2. The van der Waals surface area contributed by atoms with Gasteiger partial charge in [-0.25, -0.2) is 0 Å². The molecule has 114 valence electrons. The van der Waals surface area contributed by atoms with Crippen molar-refractivity contribution in [1.29, 1.82) is 0 Å². The minimum atomic E-state index is 0.500. The van der Waals surface area contributed by atoms with Gasteiger partial charge in [0, 0.05) is 0 Å². The average molecular weight is 294 g/mol. The van der Waals surface area contributed by atoms with Gasteiger partial charge in [0.1, 0.15) is 0 Å². The Morgan fingerprint density at radius 3 is 1.36 bits per heavy atom. The molecule has 0 aliphatic carbocycles. The topological polar surface area (TPSA) is 78.7 Å². The molecule has 0 amide bonds. The van der Waals surface area contributed by atoms with Gasteiger partial charge in [-0.3, -0.25) is 9.59 Å². The Labute approximate surface area is 130 Å². The van der Waals surface area contributed by atoms with Crippen molar-refractivity contribution in [2.75, 3.05) is 0 Å². The number of benzene rings is 2. The van der Waals surface area contributed by atoms with Crippen LogP contribution in [-0.4, -0.2) is 12.2 Å². The van der Waals surface area contributed by atoms with E-state index in [2.05, 4.69) is 62.4 Å². The number of hydrogen-bond donors (Lipinski definition) is 0. The maximum Gasteiger partial charge on any atom is -0.0159 e. The molecule has 0 N–H and O–H groups in total. The summed E-state index contributed by atoms with van der Waals surface area (Å²) < 4.78 is 0. The fourth-order valence-electron chi connectivity index (χ4n) is 1.94. The van der Waals surface area contributed by atoms with Crippen molar-refractivity contribution in [3.63, 3.8) is 0 Å². The van der Waals surface area contributed by atoms with Gasteiger partial charge in [0.05, 0.1) is 0 Å². The molecule has 22 heavy (non-hydrogen) atoms. The van der Waals surface area contributed by atoms with Crippen LogP contribution >= 0.6 is 0 Å². The molecule has 0 aromatic heterocycles. The predicted molar refractivity (Wildman–Crippen MR) is 88.7 cm³/mol. The highest BCUT2D eigenvalue weighted by Gasteiger charge is 1.99. The van der Waals surface area contributed by atoms with E-state index in [1.165, 1.54) is 22.3 Å². The van der Waals surface area contributed by atoms with Crippen molar-refractivity contribution < 1.29 is 9.59 Å². The van der Waals surface area contributed by atoms with Crippen LogP contribution in [0.1, 0.15) is 25.0 Å². The first-order valence-corrected chi connectivity index (χ1v) is 6.87. The summed E-state index contributed by atoms with van der Waals surface area (Å²) in [6.45, 7) is 4.39. The van der Waals surface area contributed by atoms with Crippen LogP contribution in [0.4, 0.5) is 0 Å².